The summed E-state index contributed by atoms with van der Waals surface area (Å²) in [7, 11) is 0. The maximum absolute atomic E-state index is 12.8. The molecule has 170 valence electrons. The van der Waals surface area contributed by atoms with E-state index in [0.717, 1.165) is 29.7 Å². The maximum atomic E-state index is 12.8. The van der Waals surface area contributed by atoms with Gasteiger partial charge >= 0.3 is 0 Å². The summed E-state index contributed by atoms with van der Waals surface area (Å²) in [6, 6.07) is 13.1. The molecule has 0 atom stereocenters. The molecule has 3 heterocycles. The number of anilines is 1. The molecule has 0 unspecified atom stereocenters. The van der Waals surface area contributed by atoms with Gasteiger partial charge in [0.2, 0.25) is 0 Å². The Hall–Kier alpha value is -3.23. The summed E-state index contributed by atoms with van der Waals surface area (Å²) >= 11 is 6.19. The Balaban J connectivity index is 1.26. The second-order valence-corrected chi connectivity index (χ2v) is 8.74. The Kier molecular flexibility index (Phi) is 6.11. The third-order valence-corrected chi connectivity index (χ3v) is 6.48. The molecule has 2 aliphatic rings. The molecule has 0 saturated carbocycles. The van der Waals surface area contributed by atoms with Crippen molar-refractivity contribution in [3.8, 4) is 11.5 Å². The van der Waals surface area contributed by atoms with Crippen molar-refractivity contribution >= 4 is 29.4 Å². The van der Waals surface area contributed by atoms with Crippen LogP contribution in [0.3, 0.4) is 0 Å². The first-order chi connectivity index (χ1) is 16.1. The molecule has 2 aliphatic heterocycles. The van der Waals surface area contributed by atoms with Gasteiger partial charge in [-0.25, -0.2) is 0 Å². The highest BCUT2D eigenvalue weighted by Gasteiger charge is 2.28. The molecule has 0 aliphatic carbocycles. The number of piperidine rings is 1. The molecule has 2 saturated heterocycles. The molecule has 2 fully saturated rings. The zero-order valence-electron chi connectivity index (χ0n) is 18.0. The molecular formula is C24H24ClN5O3. The highest BCUT2D eigenvalue weighted by Crippen LogP contribution is 2.31. The van der Waals surface area contributed by atoms with Crippen molar-refractivity contribution in [1.29, 1.82) is 5.41 Å². The van der Waals surface area contributed by atoms with Crippen molar-refractivity contribution in [2.75, 3.05) is 31.6 Å². The molecule has 0 spiro atoms. The Morgan fingerprint density at radius 1 is 1.18 bits per heavy atom. The lowest BCUT2D eigenvalue weighted by Crippen LogP contribution is -2.40. The van der Waals surface area contributed by atoms with Crippen LogP contribution in [0.15, 0.2) is 47.0 Å². The Labute approximate surface area is 196 Å². The van der Waals surface area contributed by atoms with Gasteiger partial charge < -0.3 is 24.9 Å². The topological polar surface area (TPSA) is 104 Å². The molecule has 2 aromatic carbocycles. The first-order valence-electron chi connectivity index (χ1n) is 11.0. The van der Waals surface area contributed by atoms with Crippen molar-refractivity contribution in [1.82, 2.24) is 15.0 Å². The molecule has 9 heteroatoms. The van der Waals surface area contributed by atoms with E-state index in [-0.39, 0.29) is 17.9 Å². The van der Waals surface area contributed by atoms with Gasteiger partial charge in [0, 0.05) is 42.0 Å². The van der Waals surface area contributed by atoms with Crippen LogP contribution in [0.5, 0.6) is 0 Å². The number of amides is 1. The normalized spacial score (nSPS) is 16.9. The predicted molar refractivity (Wildman–Crippen MR) is 125 cm³/mol. The smallest absolute Gasteiger partial charge is 0.258 e. The summed E-state index contributed by atoms with van der Waals surface area (Å²) in [5.74, 6) is 1.19. The van der Waals surface area contributed by atoms with Crippen LogP contribution in [-0.2, 0) is 4.74 Å². The van der Waals surface area contributed by atoms with Gasteiger partial charge in [0.25, 0.3) is 11.8 Å². The monoisotopic (exact) mass is 465 g/mol. The molecule has 3 aromatic rings. The molecule has 0 radical (unpaired) electrons. The minimum absolute atomic E-state index is 0.0453. The van der Waals surface area contributed by atoms with Gasteiger partial charge in [-0.2, -0.15) is 4.98 Å². The number of benzene rings is 2. The maximum Gasteiger partial charge on any atom is 0.258 e. The van der Waals surface area contributed by atoms with E-state index in [9.17, 15) is 4.79 Å². The van der Waals surface area contributed by atoms with Crippen molar-refractivity contribution in [2.24, 2.45) is 0 Å². The van der Waals surface area contributed by atoms with Crippen LogP contribution in [0.25, 0.3) is 11.5 Å². The molecule has 0 bridgehead atoms. The van der Waals surface area contributed by atoms with Crippen LogP contribution in [-0.4, -0.2) is 59.5 Å². The predicted octanol–water partition coefficient (Wildman–Crippen LogP) is 4.22. The zero-order valence-corrected chi connectivity index (χ0v) is 18.7. The van der Waals surface area contributed by atoms with Crippen molar-refractivity contribution in [3.63, 3.8) is 0 Å². The summed E-state index contributed by atoms with van der Waals surface area (Å²) in [5.41, 5.74) is 2.97. The lowest BCUT2D eigenvalue weighted by molar-refractivity contribution is 0.0211. The van der Waals surface area contributed by atoms with E-state index in [4.69, 9.17) is 26.3 Å². The van der Waals surface area contributed by atoms with Gasteiger partial charge in [0.1, 0.15) is 0 Å². The molecule has 2 N–H and O–H groups in total. The van der Waals surface area contributed by atoms with E-state index in [1.54, 1.807) is 12.1 Å². The van der Waals surface area contributed by atoms with Crippen molar-refractivity contribution < 1.29 is 14.1 Å². The summed E-state index contributed by atoms with van der Waals surface area (Å²) in [6.07, 6.45) is 2.84. The third kappa shape index (κ3) is 4.49. The van der Waals surface area contributed by atoms with Crippen LogP contribution >= 0.6 is 11.6 Å². The second-order valence-electron chi connectivity index (χ2n) is 8.33. The summed E-state index contributed by atoms with van der Waals surface area (Å²) in [4.78, 5) is 19.3. The van der Waals surface area contributed by atoms with Crippen molar-refractivity contribution in [3.05, 3.63) is 64.4 Å². The average molecular weight is 466 g/mol. The number of hydrogen-bond acceptors (Lipinski definition) is 7. The largest absolute Gasteiger partial charge is 0.377 e. The van der Waals surface area contributed by atoms with E-state index in [1.165, 1.54) is 6.21 Å². The van der Waals surface area contributed by atoms with Crippen LogP contribution in [0.4, 0.5) is 5.69 Å². The fraction of sp³-hybridized carbons (Fsp3) is 0.333. The van der Waals surface area contributed by atoms with Gasteiger partial charge in [-0.15, -0.1) is 0 Å². The third-order valence-electron chi connectivity index (χ3n) is 6.15. The second kappa shape index (κ2) is 9.33. The van der Waals surface area contributed by atoms with Crippen LogP contribution in [0.2, 0.25) is 5.02 Å². The number of ether oxygens (including phenoxy) is 1. The number of aromatic nitrogens is 2. The van der Waals surface area contributed by atoms with E-state index >= 15 is 0 Å². The minimum Gasteiger partial charge on any atom is -0.377 e. The highest BCUT2D eigenvalue weighted by atomic mass is 35.5. The Morgan fingerprint density at radius 3 is 2.67 bits per heavy atom. The van der Waals surface area contributed by atoms with Crippen LogP contribution < -0.4 is 5.32 Å². The number of nitrogens with zero attached hydrogens (tertiary/aromatic N) is 3. The SMILES string of the molecule is N=Cc1ccc(-c2nc(C3CCN(C(=O)c4ccccc4Cl)CC3)no2)cc1NC1COC1. The van der Waals surface area contributed by atoms with E-state index in [2.05, 4.69) is 15.5 Å². The van der Waals surface area contributed by atoms with Crippen molar-refractivity contribution in [2.45, 2.75) is 24.8 Å². The van der Waals surface area contributed by atoms with Gasteiger partial charge in [-0.1, -0.05) is 35.0 Å². The van der Waals surface area contributed by atoms with E-state index in [0.29, 0.717) is 48.6 Å². The van der Waals surface area contributed by atoms with Gasteiger partial charge in [-0.3, -0.25) is 4.79 Å². The number of nitrogens with one attached hydrogen (secondary N) is 2. The van der Waals surface area contributed by atoms with Crippen LogP contribution in [0, 0.1) is 5.41 Å². The quantitative estimate of drug-likeness (QED) is 0.528. The van der Waals surface area contributed by atoms with E-state index < -0.39 is 0 Å². The Morgan fingerprint density at radius 2 is 1.97 bits per heavy atom. The first-order valence-corrected chi connectivity index (χ1v) is 11.4. The number of hydrogen-bond donors (Lipinski definition) is 2. The fourth-order valence-electron chi connectivity index (χ4n) is 4.14. The lowest BCUT2D eigenvalue weighted by atomic mass is 9.95. The lowest BCUT2D eigenvalue weighted by Gasteiger charge is -2.30. The number of carbonyl (C=O) groups excluding carboxylic acids is 1. The number of carbonyl (C=O) groups is 1. The number of rotatable bonds is 6. The van der Waals surface area contributed by atoms with E-state index in [1.807, 2.05) is 35.2 Å². The summed E-state index contributed by atoms with van der Waals surface area (Å²) < 4.78 is 10.8. The molecule has 1 amide bonds. The van der Waals surface area contributed by atoms with Crippen LogP contribution in [0.1, 0.15) is 40.5 Å². The number of halogens is 1. The zero-order chi connectivity index (χ0) is 22.8. The van der Waals surface area contributed by atoms with Gasteiger partial charge in [0.05, 0.1) is 29.8 Å². The molecule has 5 rings (SSSR count). The molecule has 8 nitrogen and oxygen atoms in total. The van der Waals surface area contributed by atoms with Gasteiger partial charge in [-0.05, 0) is 37.1 Å². The first kappa shape index (κ1) is 21.6. The van der Waals surface area contributed by atoms with Gasteiger partial charge in [0.15, 0.2) is 5.82 Å². The Bertz CT molecular complexity index is 1170. The highest BCUT2D eigenvalue weighted by molar-refractivity contribution is 6.33. The molecule has 1 aromatic heterocycles. The summed E-state index contributed by atoms with van der Waals surface area (Å²) in [5, 5.41) is 15.7. The number of likely N-dealkylation sites (tertiary alicyclic amines) is 1. The molecule has 33 heavy (non-hydrogen) atoms. The standard InChI is InChI=1S/C24H24ClN5O3/c25-20-4-2-1-3-19(20)24(31)30-9-7-15(8-10-30)22-28-23(33-29-22)16-5-6-17(12-26)21(11-16)27-18-13-32-14-18/h1-6,11-12,15,18,26-27H,7-10,13-14H2. The summed E-state index contributed by atoms with van der Waals surface area (Å²) in [6.45, 7) is 2.54. The minimum atomic E-state index is -0.0453. The molecular weight excluding hydrogens is 442 g/mol. The average Bonchev–Trinajstić information content (AvgIpc) is 3.32. The fourth-order valence-corrected chi connectivity index (χ4v) is 4.36.